The van der Waals surface area contributed by atoms with Gasteiger partial charge in [-0.1, -0.05) is 0 Å². The van der Waals surface area contributed by atoms with E-state index < -0.39 is 5.69 Å². The smallest absolute Gasteiger partial charge is 0.363 e. The molecule has 2 rings (SSSR count). The summed E-state index contributed by atoms with van der Waals surface area (Å²) in [6.45, 7) is 1.70. The lowest BCUT2D eigenvalue weighted by molar-refractivity contribution is 0.394. The third-order valence-corrected chi connectivity index (χ3v) is 2.69. The van der Waals surface area contributed by atoms with Crippen LogP contribution in [0.5, 0.6) is 11.5 Å². The van der Waals surface area contributed by atoms with Crippen molar-refractivity contribution in [3.05, 3.63) is 39.9 Å². The molecule has 0 saturated carbocycles. The molecule has 0 fully saturated rings. The van der Waals surface area contributed by atoms with E-state index in [0.29, 0.717) is 23.0 Å². The van der Waals surface area contributed by atoms with E-state index in [2.05, 4.69) is 25.7 Å². The number of nitrogens with one attached hydrogen (secondary N) is 2. The Labute approximate surface area is 120 Å². The fourth-order valence-electron chi connectivity index (χ4n) is 1.59. The van der Waals surface area contributed by atoms with Gasteiger partial charge in [-0.2, -0.15) is 15.2 Å². The molecule has 0 saturated heterocycles. The van der Waals surface area contributed by atoms with Crippen molar-refractivity contribution in [3.8, 4) is 11.5 Å². The van der Waals surface area contributed by atoms with Crippen molar-refractivity contribution in [1.82, 2.24) is 15.2 Å². The monoisotopic (exact) mass is 289 g/mol. The molecule has 8 heteroatoms. The van der Waals surface area contributed by atoms with E-state index in [1.807, 2.05) is 0 Å². The van der Waals surface area contributed by atoms with Crippen molar-refractivity contribution >= 4 is 12.0 Å². The zero-order valence-corrected chi connectivity index (χ0v) is 11.9. The number of rotatable bonds is 5. The first-order valence-electron chi connectivity index (χ1n) is 6.08. The molecule has 2 aromatic rings. The van der Waals surface area contributed by atoms with E-state index in [9.17, 15) is 4.79 Å². The van der Waals surface area contributed by atoms with Crippen molar-refractivity contribution in [2.24, 2.45) is 5.10 Å². The molecule has 8 nitrogen and oxygen atoms in total. The molecular formula is C13H15N5O3. The number of ether oxygens (including phenoxy) is 2. The normalized spacial score (nSPS) is 10.6. The molecule has 0 bridgehead atoms. The van der Waals surface area contributed by atoms with Gasteiger partial charge in [-0.05, 0) is 19.1 Å². The molecule has 110 valence electrons. The first-order valence-corrected chi connectivity index (χ1v) is 6.08. The fourth-order valence-corrected chi connectivity index (χ4v) is 1.59. The third-order valence-electron chi connectivity index (χ3n) is 2.69. The standard InChI is InChI=1S/C13H15N5O3/c1-8-12(15-13(19)18-16-8)17-14-7-9-4-5-10(20-2)6-11(9)21-3/h4-7H,1-3H3,(H2,15,17,18,19)/b14-7+. The lowest BCUT2D eigenvalue weighted by atomic mass is 10.2. The number of methoxy groups -OCH3 is 2. The van der Waals surface area contributed by atoms with Crippen molar-refractivity contribution in [2.75, 3.05) is 19.6 Å². The van der Waals surface area contributed by atoms with Crippen LogP contribution in [0.2, 0.25) is 0 Å². The molecule has 0 aliphatic rings. The van der Waals surface area contributed by atoms with Gasteiger partial charge in [0.15, 0.2) is 5.82 Å². The first-order chi connectivity index (χ1) is 10.1. The molecule has 21 heavy (non-hydrogen) atoms. The minimum absolute atomic E-state index is 0.294. The average Bonchev–Trinajstić information content (AvgIpc) is 2.50. The summed E-state index contributed by atoms with van der Waals surface area (Å²) in [5.41, 5.74) is 3.42. The van der Waals surface area contributed by atoms with Gasteiger partial charge in [0.1, 0.15) is 17.2 Å². The quantitative estimate of drug-likeness (QED) is 0.627. The van der Waals surface area contributed by atoms with Gasteiger partial charge in [0.25, 0.3) is 0 Å². The molecule has 0 aliphatic carbocycles. The van der Waals surface area contributed by atoms with Crippen molar-refractivity contribution in [1.29, 1.82) is 0 Å². The summed E-state index contributed by atoms with van der Waals surface area (Å²) in [5, 5.41) is 10.0. The Kier molecular flexibility index (Phi) is 4.50. The van der Waals surface area contributed by atoms with E-state index >= 15 is 0 Å². The van der Waals surface area contributed by atoms with Gasteiger partial charge in [0, 0.05) is 11.6 Å². The lowest BCUT2D eigenvalue weighted by Crippen LogP contribution is -2.15. The zero-order chi connectivity index (χ0) is 15.2. The number of nitrogens with zero attached hydrogens (tertiary/aromatic N) is 3. The largest absolute Gasteiger partial charge is 0.497 e. The SMILES string of the molecule is COc1ccc(/C=N/Nc2nc(=O)[nH]nc2C)c(OC)c1. The van der Waals surface area contributed by atoms with E-state index in [0.717, 1.165) is 5.56 Å². The third kappa shape index (κ3) is 3.56. The molecule has 1 aromatic carbocycles. The molecule has 2 N–H and O–H groups in total. The maximum absolute atomic E-state index is 11.1. The van der Waals surface area contributed by atoms with Crippen LogP contribution in [-0.4, -0.2) is 35.6 Å². The molecule has 1 aromatic heterocycles. The fraction of sp³-hybridized carbons (Fsp3) is 0.231. The van der Waals surface area contributed by atoms with Crippen LogP contribution in [0, 0.1) is 6.92 Å². The minimum atomic E-state index is -0.541. The van der Waals surface area contributed by atoms with Gasteiger partial charge in [0.05, 0.1) is 20.4 Å². The summed E-state index contributed by atoms with van der Waals surface area (Å²) in [6.07, 6.45) is 1.56. The Balaban J connectivity index is 2.18. The molecule has 0 spiro atoms. The topological polar surface area (TPSA) is 101 Å². The number of aryl methyl sites for hydroxylation is 1. The lowest BCUT2D eigenvalue weighted by Gasteiger charge is -2.07. The minimum Gasteiger partial charge on any atom is -0.497 e. The van der Waals surface area contributed by atoms with E-state index in [1.54, 1.807) is 45.6 Å². The number of aromatic nitrogens is 3. The van der Waals surface area contributed by atoms with E-state index in [-0.39, 0.29) is 0 Å². The molecule has 1 heterocycles. The summed E-state index contributed by atoms with van der Waals surface area (Å²) in [5.74, 6) is 1.60. The highest BCUT2D eigenvalue weighted by Gasteiger charge is 2.03. The number of benzene rings is 1. The summed E-state index contributed by atoms with van der Waals surface area (Å²) >= 11 is 0. The zero-order valence-electron chi connectivity index (χ0n) is 11.9. The number of anilines is 1. The number of hydrogen-bond acceptors (Lipinski definition) is 7. The highest BCUT2D eigenvalue weighted by Crippen LogP contribution is 2.23. The molecule has 0 amide bonds. The molecular weight excluding hydrogens is 274 g/mol. The molecule has 0 atom stereocenters. The predicted molar refractivity (Wildman–Crippen MR) is 78.2 cm³/mol. The Morgan fingerprint density at radius 1 is 1.33 bits per heavy atom. The second-order valence-corrected chi connectivity index (χ2v) is 4.05. The maximum atomic E-state index is 11.1. The number of H-pyrrole nitrogens is 1. The van der Waals surface area contributed by atoms with Crippen molar-refractivity contribution in [3.63, 3.8) is 0 Å². The maximum Gasteiger partial charge on any atom is 0.363 e. The summed E-state index contributed by atoms with van der Waals surface area (Å²) in [6, 6.07) is 5.35. The van der Waals surface area contributed by atoms with Crippen LogP contribution in [0.25, 0.3) is 0 Å². The van der Waals surface area contributed by atoms with Gasteiger partial charge >= 0.3 is 5.69 Å². The molecule has 0 unspecified atom stereocenters. The molecule has 0 aliphatic heterocycles. The van der Waals surface area contributed by atoms with E-state index in [4.69, 9.17) is 9.47 Å². The second-order valence-electron chi connectivity index (χ2n) is 4.05. The van der Waals surface area contributed by atoms with Crippen LogP contribution in [0.15, 0.2) is 28.1 Å². The van der Waals surface area contributed by atoms with Crippen LogP contribution in [-0.2, 0) is 0 Å². The predicted octanol–water partition coefficient (Wildman–Crippen LogP) is 0.937. The highest BCUT2D eigenvalue weighted by molar-refractivity contribution is 5.84. The van der Waals surface area contributed by atoms with Crippen LogP contribution < -0.4 is 20.6 Å². The van der Waals surface area contributed by atoms with Gasteiger partial charge < -0.3 is 9.47 Å². The Hall–Kier alpha value is -2.90. The number of aromatic amines is 1. The van der Waals surface area contributed by atoms with Gasteiger partial charge in [-0.15, -0.1) is 0 Å². The highest BCUT2D eigenvalue weighted by atomic mass is 16.5. The van der Waals surface area contributed by atoms with Gasteiger partial charge in [-0.25, -0.2) is 9.89 Å². The Morgan fingerprint density at radius 2 is 2.14 bits per heavy atom. The van der Waals surface area contributed by atoms with E-state index in [1.165, 1.54) is 0 Å². The number of hydrogen-bond donors (Lipinski definition) is 2. The summed E-state index contributed by atoms with van der Waals surface area (Å²) in [7, 11) is 3.14. The van der Waals surface area contributed by atoms with Crippen molar-refractivity contribution < 1.29 is 9.47 Å². The Bertz CT molecular complexity index is 711. The first kappa shape index (κ1) is 14.5. The van der Waals surface area contributed by atoms with Gasteiger partial charge in [-0.3, -0.25) is 5.43 Å². The van der Waals surface area contributed by atoms with Crippen LogP contribution >= 0.6 is 0 Å². The average molecular weight is 289 g/mol. The van der Waals surface area contributed by atoms with Crippen LogP contribution in [0.1, 0.15) is 11.3 Å². The second kappa shape index (κ2) is 6.51. The van der Waals surface area contributed by atoms with Gasteiger partial charge in [0.2, 0.25) is 0 Å². The number of hydrazone groups is 1. The summed E-state index contributed by atoms with van der Waals surface area (Å²) < 4.78 is 10.4. The summed E-state index contributed by atoms with van der Waals surface area (Å²) in [4.78, 5) is 14.8. The van der Waals surface area contributed by atoms with Crippen LogP contribution in [0.4, 0.5) is 5.82 Å². The molecule has 0 radical (unpaired) electrons. The van der Waals surface area contributed by atoms with Crippen molar-refractivity contribution in [2.45, 2.75) is 6.92 Å². The Morgan fingerprint density at radius 3 is 2.86 bits per heavy atom. The van der Waals surface area contributed by atoms with Crippen LogP contribution in [0.3, 0.4) is 0 Å².